The molecule has 2 saturated heterocycles. The van der Waals surface area contributed by atoms with Gasteiger partial charge in [0, 0.05) is 38.3 Å². The van der Waals surface area contributed by atoms with E-state index in [2.05, 4.69) is 10.6 Å². The summed E-state index contributed by atoms with van der Waals surface area (Å²) in [6.45, 7) is 17.7. The molecule has 2 aliphatic heterocycles. The van der Waals surface area contributed by atoms with Crippen molar-refractivity contribution in [1.29, 1.82) is 0 Å². The number of carbonyl (C=O) groups excluding carboxylic acids is 3. The zero-order valence-electron chi connectivity index (χ0n) is 32.2. The molecule has 2 aromatic carbocycles. The average Bonchev–Trinajstić information content (AvgIpc) is 3.02. The van der Waals surface area contributed by atoms with Crippen molar-refractivity contribution in [2.45, 2.75) is 111 Å². The van der Waals surface area contributed by atoms with Crippen molar-refractivity contribution in [3.8, 4) is 0 Å². The molecule has 290 valence electrons. The first-order valence-corrected chi connectivity index (χ1v) is 18.2. The zero-order chi connectivity index (χ0) is 38.9. The Hall–Kier alpha value is -4.13. The van der Waals surface area contributed by atoms with Gasteiger partial charge in [0.15, 0.2) is 0 Å². The molecule has 0 atom stereocenters. The van der Waals surface area contributed by atoms with E-state index in [1.807, 2.05) is 53.7 Å². The summed E-state index contributed by atoms with van der Waals surface area (Å²) in [7, 11) is 0. The van der Waals surface area contributed by atoms with Gasteiger partial charge >= 0.3 is 18.2 Å². The van der Waals surface area contributed by atoms with E-state index in [0.29, 0.717) is 38.0 Å². The highest BCUT2D eigenvalue weighted by molar-refractivity contribution is 5.89. The average molecular weight is 731 g/mol. The van der Waals surface area contributed by atoms with Crippen molar-refractivity contribution >= 4 is 29.6 Å². The van der Waals surface area contributed by atoms with Gasteiger partial charge in [0.1, 0.15) is 22.8 Å². The standard InChI is InChI=1S/C22H35FN4O3.C17H25FN2O2/c1-21(2,3)30-20(29)27-10-8-15(9-11-27)12-16-6-7-18(17(23)13-16)26-19(28)25-14-22(4,5)24;1-17(2,3)22-16(21)20-8-6-12(7-9-20)10-13-4-5-15(19)14(18)11-13/h6-7,13,15H,8-12,14,24H2,1-5H3,(H2,25,26,28);4-5,11-12H,6-10,19H2,1-3H3. The van der Waals surface area contributed by atoms with E-state index in [1.165, 1.54) is 12.1 Å². The van der Waals surface area contributed by atoms with Gasteiger partial charge in [0.05, 0.1) is 11.4 Å². The second-order valence-electron chi connectivity index (χ2n) is 16.7. The summed E-state index contributed by atoms with van der Waals surface area (Å²) in [6, 6.07) is 9.37. The number of likely N-dealkylation sites (tertiary alicyclic amines) is 2. The van der Waals surface area contributed by atoms with Gasteiger partial charge in [0.2, 0.25) is 0 Å². The Labute approximate surface area is 308 Å². The maximum atomic E-state index is 14.4. The highest BCUT2D eigenvalue weighted by Gasteiger charge is 2.28. The number of nitrogen functional groups attached to an aromatic ring is 1. The van der Waals surface area contributed by atoms with Crippen LogP contribution in [0.3, 0.4) is 0 Å². The van der Waals surface area contributed by atoms with Gasteiger partial charge in [-0.05, 0) is 141 Å². The lowest BCUT2D eigenvalue weighted by Crippen LogP contribution is -2.46. The molecule has 0 bridgehead atoms. The van der Waals surface area contributed by atoms with Crippen LogP contribution in [0.25, 0.3) is 0 Å². The molecule has 4 rings (SSSR count). The van der Waals surface area contributed by atoms with Crippen LogP contribution in [0.4, 0.5) is 34.5 Å². The summed E-state index contributed by atoms with van der Waals surface area (Å²) in [5, 5.41) is 5.13. The molecule has 0 aromatic heterocycles. The van der Waals surface area contributed by atoms with Gasteiger partial charge < -0.3 is 41.4 Å². The largest absolute Gasteiger partial charge is 0.444 e. The number of nitrogens with one attached hydrogen (secondary N) is 2. The van der Waals surface area contributed by atoms with Gasteiger partial charge in [0.25, 0.3) is 0 Å². The first-order chi connectivity index (χ1) is 24.1. The SMILES string of the molecule is CC(C)(C)OC(=O)N1CCC(Cc2ccc(N)c(F)c2)CC1.CC(C)(N)CNC(=O)Nc1ccc(CC2CCN(C(=O)OC(C)(C)C)CC2)cc1F. The number of rotatable bonds is 7. The molecule has 0 saturated carbocycles. The van der Waals surface area contributed by atoms with E-state index >= 15 is 0 Å². The molecule has 0 spiro atoms. The van der Waals surface area contributed by atoms with Crippen molar-refractivity contribution in [3.05, 3.63) is 59.2 Å². The van der Waals surface area contributed by atoms with Gasteiger partial charge in [-0.1, -0.05) is 12.1 Å². The fraction of sp³-hybridized carbons (Fsp3) is 0.615. The number of urea groups is 1. The lowest BCUT2D eigenvalue weighted by Gasteiger charge is -2.33. The van der Waals surface area contributed by atoms with Crippen LogP contribution in [-0.4, -0.2) is 77.5 Å². The van der Waals surface area contributed by atoms with Crippen LogP contribution < -0.4 is 22.1 Å². The highest BCUT2D eigenvalue weighted by Crippen LogP contribution is 2.26. The first kappa shape index (κ1) is 42.3. The number of hydrogen-bond acceptors (Lipinski definition) is 7. The van der Waals surface area contributed by atoms with Crippen molar-refractivity contribution in [1.82, 2.24) is 15.1 Å². The Morgan fingerprint density at radius 2 is 1.15 bits per heavy atom. The van der Waals surface area contributed by atoms with Gasteiger partial charge in [-0.25, -0.2) is 23.2 Å². The summed E-state index contributed by atoms with van der Waals surface area (Å²) in [5.41, 5.74) is 12.0. The monoisotopic (exact) mass is 730 g/mol. The number of benzene rings is 2. The number of nitrogens with two attached hydrogens (primary N) is 2. The fourth-order valence-electron chi connectivity index (χ4n) is 5.92. The lowest BCUT2D eigenvalue weighted by molar-refractivity contribution is 0.0173. The predicted molar refractivity (Wildman–Crippen MR) is 201 cm³/mol. The molecule has 52 heavy (non-hydrogen) atoms. The molecule has 2 aliphatic rings. The number of carbonyl (C=O) groups is 3. The quantitative estimate of drug-likeness (QED) is 0.216. The van der Waals surface area contributed by atoms with E-state index in [9.17, 15) is 23.2 Å². The van der Waals surface area contributed by atoms with Crippen molar-refractivity contribution in [3.63, 3.8) is 0 Å². The smallest absolute Gasteiger partial charge is 0.410 e. The third-order valence-corrected chi connectivity index (χ3v) is 8.63. The Balaban J connectivity index is 0.000000294. The highest BCUT2D eigenvalue weighted by atomic mass is 19.1. The molecule has 4 amide bonds. The van der Waals surface area contributed by atoms with Gasteiger partial charge in [-0.3, -0.25) is 0 Å². The molecule has 0 unspecified atom stereocenters. The van der Waals surface area contributed by atoms with Crippen LogP contribution in [-0.2, 0) is 22.3 Å². The predicted octanol–water partition coefficient (Wildman–Crippen LogP) is 7.47. The minimum Gasteiger partial charge on any atom is -0.444 e. The maximum Gasteiger partial charge on any atom is 0.410 e. The topological polar surface area (TPSA) is 152 Å². The van der Waals surface area contributed by atoms with Gasteiger partial charge in [-0.15, -0.1) is 0 Å². The van der Waals surface area contributed by atoms with Crippen molar-refractivity contribution in [2.75, 3.05) is 43.8 Å². The summed E-state index contributed by atoms with van der Waals surface area (Å²) in [6.07, 6.45) is 4.53. The van der Waals surface area contributed by atoms with Crippen molar-refractivity contribution in [2.24, 2.45) is 17.6 Å². The van der Waals surface area contributed by atoms with Crippen LogP contribution >= 0.6 is 0 Å². The number of halogens is 2. The number of anilines is 2. The molecule has 2 heterocycles. The summed E-state index contributed by atoms with van der Waals surface area (Å²) >= 11 is 0. The van der Waals surface area contributed by atoms with E-state index in [4.69, 9.17) is 20.9 Å². The minimum absolute atomic E-state index is 0.130. The van der Waals surface area contributed by atoms with Crippen LogP contribution in [0.2, 0.25) is 0 Å². The lowest BCUT2D eigenvalue weighted by atomic mass is 9.90. The van der Waals surface area contributed by atoms with Crippen LogP contribution in [0.15, 0.2) is 36.4 Å². The molecule has 2 fully saturated rings. The van der Waals surface area contributed by atoms with Crippen molar-refractivity contribution < 1.29 is 32.6 Å². The number of piperidine rings is 2. The summed E-state index contributed by atoms with van der Waals surface area (Å²) in [4.78, 5) is 39.5. The van der Waals surface area contributed by atoms with Crippen LogP contribution in [0.1, 0.15) is 92.2 Å². The second-order valence-corrected chi connectivity index (χ2v) is 16.7. The molecule has 2 aromatic rings. The minimum atomic E-state index is -0.543. The summed E-state index contributed by atoms with van der Waals surface area (Å²) < 4.78 is 38.7. The number of nitrogens with zero attached hydrogens (tertiary/aromatic N) is 2. The zero-order valence-corrected chi connectivity index (χ0v) is 32.2. The first-order valence-electron chi connectivity index (χ1n) is 18.2. The molecule has 13 heteroatoms. The third kappa shape index (κ3) is 15.2. The normalized spacial score (nSPS) is 16.1. The number of ether oxygens (including phenoxy) is 2. The Bertz CT molecular complexity index is 1500. The molecule has 6 N–H and O–H groups in total. The summed E-state index contributed by atoms with van der Waals surface area (Å²) in [5.74, 6) is 0.00299. The van der Waals surface area contributed by atoms with E-state index in [1.54, 1.807) is 35.8 Å². The Morgan fingerprint density at radius 1 is 0.731 bits per heavy atom. The molecule has 0 radical (unpaired) electrons. The fourth-order valence-corrected chi connectivity index (χ4v) is 5.92. The van der Waals surface area contributed by atoms with Gasteiger partial charge in [-0.2, -0.15) is 0 Å². The molecule has 0 aliphatic carbocycles. The number of hydrogen-bond donors (Lipinski definition) is 4. The van der Waals surface area contributed by atoms with Crippen LogP contribution in [0, 0.1) is 23.5 Å². The van der Waals surface area contributed by atoms with E-state index in [0.717, 1.165) is 49.7 Å². The molecule has 11 nitrogen and oxygen atoms in total. The Morgan fingerprint density at radius 3 is 1.54 bits per heavy atom. The van der Waals surface area contributed by atoms with E-state index < -0.39 is 28.6 Å². The maximum absolute atomic E-state index is 14.4. The second kappa shape index (κ2) is 18.1. The Kier molecular flexibility index (Phi) is 14.7. The third-order valence-electron chi connectivity index (χ3n) is 8.63. The number of amides is 4. The molecular formula is C39H60F2N6O5. The molecular weight excluding hydrogens is 670 g/mol. The van der Waals surface area contributed by atoms with Crippen LogP contribution in [0.5, 0.6) is 0 Å². The van der Waals surface area contributed by atoms with E-state index in [-0.39, 0.29) is 35.9 Å².